The third kappa shape index (κ3) is 3.04. The van der Waals surface area contributed by atoms with Crippen LogP contribution in [0.15, 0.2) is 22.7 Å². The molecule has 1 atom stereocenters. The number of benzene rings is 1. The van der Waals surface area contributed by atoms with Crippen molar-refractivity contribution < 1.29 is 4.79 Å². The molecule has 2 nitrogen and oxygen atoms in total. The van der Waals surface area contributed by atoms with Crippen molar-refractivity contribution in [2.24, 2.45) is 11.3 Å². The van der Waals surface area contributed by atoms with Crippen LogP contribution in [-0.2, 0) is 11.2 Å². The molecule has 0 aliphatic carbocycles. The molecule has 1 heterocycles. The van der Waals surface area contributed by atoms with Crippen LogP contribution in [0, 0.1) is 11.3 Å². The summed E-state index contributed by atoms with van der Waals surface area (Å²) in [5.41, 5.74) is 0.693. The van der Waals surface area contributed by atoms with Crippen molar-refractivity contribution in [3.8, 4) is 0 Å². The molecule has 2 rings (SSSR count). The summed E-state index contributed by atoms with van der Waals surface area (Å²) in [4.78, 5) is 12.7. The van der Waals surface area contributed by atoms with E-state index in [4.69, 9.17) is 11.6 Å². The third-order valence-corrected chi connectivity index (χ3v) is 5.06. The Bertz CT molecular complexity index is 481. The minimum Gasteiger partial charge on any atom is -0.316 e. The van der Waals surface area contributed by atoms with Gasteiger partial charge < -0.3 is 5.32 Å². The first-order chi connectivity index (χ1) is 8.95. The molecule has 0 saturated carbocycles. The van der Waals surface area contributed by atoms with Crippen LogP contribution in [-0.4, -0.2) is 18.9 Å². The second kappa shape index (κ2) is 5.94. The van der Waals surface area contributed by atoms with Gasteiger partial charge in [0.15, 0.2) is 0 Å². The summed E-state index contributed by atoms with van der Waals surface area (Å²) in [6, 6.07) is 5.71. The molecule has 1 saturated heterocycles. The Balaban J connectivity index is 2.20. The number of carbonyl (C=O) groups excluding carboxylic acids is 1. The van der Waals surface area contributed by atoms with E-state index in [1.54, 1.807) is 0 Å². The summed E-state index contributed by atoms with van der Waals surface area (Å²) < 4.78 is 0.940. The summed E-state index contributed by atoms with van der Waals surface area (Å²) in [7, 11) is 0. The van der Waals surface area contributed by atoms with E-state index in [9.17, 15) is 4.79 Å². The fourth-order valence-corrected chi connectivity index (χ4v) is 3.52. The quantitative estimate of drug-likeness (QED) is 0.899. The Kier molecular flexibility index (Phi) is 4.70. The van der Waals surface area contributed by atoms with Crippen LogP contribution in [0.3, 0.4) is 0 Å². The Morgan fingerprint density at radius 2 is 2.26 bits per heavy atom. The van der Waals surface area contributed by atoms with Gasteiger partial charge in [-0.2, -0.15) is 0 Å². The topological polar surface area (TPSA) is 29.1 Å². The van der Waals surface area contributed by atoms with Gasteiger partial charge in [-0.05, 0) is 36.6 Å². The molecule has 1 N–H and O–H groups in total. The Hall–Kier alpha value is -0.380. The van der Waals surface area contributed by atoms with E-state index in [2.05, 4.69) is 35.1 Å². The van der Waals surface area contributed by atoms with Crippen LogP contribution in [0.25, 0.3) is 0 Å². The number of hydrogen-bond donors (Lipinski definition) is 1. The number of nitrogens with one attached hydrogen (secondary N) is 1. The van der Waals surface area contributed by atoms with Gasteiger partial charge in [0.1, 0.15) is 5.78 Å². The van der Waals surface area contributed by atoms with Gasteiger partial charge in [-0.15, -0.1) is 0 Å². The summed E-state index contributed by atoms with van der Waals surface area (Å²) in [6.45, 7) is 5.98. The lowest BCUT2D eigenvalue weighted by molar-refractivity contribution is -0.129. The molecule has 19 heavy (non-hydrogen) atoms. The maximum absolute atomic E-state index is 12.7. The molecular formula is C15H19BrClNO. The normalized spacial score (nSPS) is 23.0. The molecule has 1 fully saturated rings. The number of rotatable bonds is 4. The summed E-state index contributed by atoms with van der Waals surface area (Å²) in [6.07, 6.45) is 1.35. The minimum absolute atomic E-state index is 0.226. The predicted octanol–water partition coefficient (Wildman–Crippen LogP) is 3.85. The van der Waals surface area contributed by atoms with Crippen molar-refractivity contribution in [3.05, 3.63) is 33.3 Å². The van der Waals surface area contributed by atoms with Gasteiger partial charge in [-0.3, -0.25) is 4.79 Å². The Morgan fingerprint density at radius 1 is 1.53 bits per heavy atom. The monoisotopic (exact) mass is 343 g/mol. The van der Waals surface area contributed by atoms with Gasteiger partial charge in [-0.25, -0.2) is 0 Å². The molecule has 1 aliphatic rings. The van der Waals surface area contributed by atoms with Crippen LogP contribution in [0.4, 0.5) is 0 Å². The highest BCUT2D eigenvalue weighted by Crippen LogP contribution is 2.37. The number of carbonyl (C=O) groups is 1. The second-order valence-electron chi connectivity index (χ2n) is 5.57. The first-order valence-electron chi connectivity index (χ1n) is 6.63. The average Bonchev–Trinajstić information content (AvgIpc) is 2.83. The lowest BCUT2D eigenvalue weighted by Gasteiger charge is -2.31. The zero-order valence-corrected chi connectivity index (χ0v) is 13.6. The van der Waals surface area contributed by atoms with Crippen LogP contribution < -0.4 is 5.32 Å². The Labute approximate surface area is 128 Å². The molecule has 104 valence electrons. The average molecular weight is 345 g/mol. The van der Waals surface area contributed by atoms with Crippen LogP contribution in [0.2, 0.25) is 5.02 Å². The summed E-state index contributed by atoms with van der Waals surface area (Å²) in [5.74, 6) is 0.654. The lowest BCUT2D eigenvalue weighted by atomic mass is 9.71. The smallest absolute Gasteiger partial charge is 0.145 e. The van der Waals surface area contributed by atoms with Crippen molar-refractivity contribution in [2.75, 3.05) is 13.1 Å². The third-order valence-electron chi connectivity index (χ3n) is 4.21. The van der Waals surface area contributed by atoms with E-state index in [-0.39, 0.29) is 5.41 Å². The van der Waals surface area contributed by atoms with E-state index in [1.807, 2.05) is 18.2 Å². The van der Waals surface area contributed by atoms with E-state index in [0.717, 1.165) is 29.5 Å². The van der Waals surface area contributed by atoms with Crippen LogP contribution in [0.1, 0.15) is 25.8 Å². The first-order valence-corrected chi connectivity index (χ1v) is 7.81. The molecule has 4 heteroatoms. The molecule has 1 aromatic carbocycles. The van der Waals surface area contributed by atoms with Crippen molar-refractivity contribution in [1.82, 2.24) is 5.32 Å². The molecule has 0 bridgehead atoms. The SMILES string of the molecule is CC(C)C1(C(=O)Cc2ccc(Br)cc2Cl)CCNC1. The highest BCUT2D eigenvalue weighted by atomic mass is 79.9. The highest BCUT2D eigenvalue weighted by Gasteiger charge is 2.43. The summed E-state index contributed by atoms with van der Waals surface area (Å²) >= 11 is 9.59. The lowest BCUT2D eigenvalue weighted by Crippen LogP contribution is -2.39. The number of Topliss-reactive ketones (excluding diaryl/α,β-unsaturated/α-hetero) is 1. The second-order valence-corrected chi connectivity index (χ2v) is 6.90. The molecule has 0 spiro atoms. The van der Waals surface area contributed by atoms with Crippen molar-refractivity contribution in [3.63, 3.8) is 0 Å². The largest absolute Gasteiger partial charge is 0.316 e. The molecule has 0 amide bonds. The maximum atomic E-state index is 12.7. The molecule has 1 aromatic rings. The molecular weight excluding hydrogens is 326 g/mol. The van der Waals surface area contributed by atoms with Gasteiger partial charge in [0.25, 0.3) is 0 Å². The number of halogens is 2. The van der Waals surface area contributed by atoms with Gasteiger partial charge in [0.2, 0.25) is 0 Å². The maximum Gasteiger partial charge on any atom is 0.145 e. The van der Waals surface area contributed by atoms with Crippen molar-refractivity contribution >= 4 is 33.3 Å². The molecule has 0 aromatic heterocycles. The van der Waals surface area contributed by atoms with Gasteiger partial charge in [0.05, 0.1) is 0 Å². The zero-order chi connectivity index (χ0) is 14.0. The minimum atomic E-state index is -0.226. The zero-order valence-electron chi connectivity index (χ0n) is 11.3. The molecule has 0 radical (unpaired) electrons. The van der Waals surface area contributed by atoms with E-state index in [0.29, 0.717) is 23.1 Å². The van der Waals surface area contributed by atoms with E-state index in [1.165, 1.54) is 0 Å². The van der Waals surface area contributed by atoms with E-state index < -0.39 is 0 Å². The predicted molar refractivity (Wildman–Crippen MR) is 82.6 cm³/mol. The summed E-state index contributed by atoms with van der Waals surface area (Å²) in [5, 5.41) is 3.98. The fourth-order valence-electron chi connectivity index (χ4n) is 2.78. The highest BCUT2D eigenvalue weighted by molar-refractivity contribution is 9.10. The van der Waals surface area contributed by atoms with Crippen LogP contribution >= 0.6 is 27.5 Å². The van der Waals surface area contributed by atoms with Crippen molar-refractivity contribution in [1.29, 1.82) is 0 Å². The number of hydrogen-bond acceptors (Lipinski definition) is 2. The van der Waals surface area contributed by atoms with Gasteiger partial charge in [-0.1, -0.05) is 47.4 Å². The van der Waals surface area contributed by atoms with Crippen LogP contribution in [0.5, 0.6) is 0 Å². The van der Waals surface area contributed by atoms with Gasteiger partial charge in [0, 0.05) is 27.9 Å². The molecule has 1 unspecified atom stereocenters. The first kappa shape index (κ1) is 15.0. The van der Waals surface area contributed by atoms with Crippen molar-refractivity contribution in [2.45, 2.75) is 26.7 Å². The van der Waals surface area contributed by atoms with E-state index >= 15 is 0 Å². The fraction of sp³-hybridized carbons (Fsp3) is 0.533. The number of ketones is 1. The molecule has 1 aliphatic heterocycles. The standard InChI is InChI=1S/C15H19BrClNO/c1-10(2)15(5-6-18-9-15)14(19)7-11-3-4-12(16)8-13(11)17/h3-4,8,10,18H,5-7,9H2,1-2H3. The van der Waals surface area contributed by atoms with Gasteiger partial charge >= 0.3 is 0 Å². The Morgan fingerprint density at radius 3 is 2.79 bits per heavy atom.